The van der Waals surface area contributed by atoms with Crippen molar-refractivity contribution in [2.24, 2.45) is 5.73 Å². The minimum Gasteiger partial charge on any atom is -0.334 e. The van der Waals surface area contributed by atoms with E-state index in [0.29, 0.717) is 19.5 Å². The molecule has 1 atom stereocenters. The number of rotatable bonds is 7. The summed E-state index contributed by atoms with van der Waals surface area (Å²) in [4.78, 5) is 14.4. The van der Waals surface area contributed by atoms with E-state index in [0.717, 1.165) is 17.5 Å². The molecule has 0 saturated carbocycles. The fraction of sp³-hybridized carbons (Fsp3) is 0.316. The summed E-state index contributed by atoms with van der Waals surface area (Å²) in [6.07, 6.45) is 1.22. The molecule has 0 heterocycles. The van der Waals surface area contributed by atoms with Crippen LogP contribution in [0.15, 0.2) is 60.7 Å². The van der Waals surface area contributed by atoms with Crippen molar-refractivity contribution < 1.29 is 4.79 Å². The first-order valence-corrected chi connectivity index (χ1v) is 7.76. The van der Waals surface area contributed by atoms with Gasteiger partial charge in [-0.05, 0) is 24.5 Å². The summed E-state index contributed by atoms with van der Waals surface area (Å²) in [6.45, 7) is 3.20. The number of benzene rings is 2. The second-order valence-electron chi connectivity index (χ2n) is 5.74. The quantitative estimate of drug-likeness (QED) is 0.851. The van der Waals surface area contributed by atoms with Gasteiger partial charge in [0, 0.05) is 25.6 Å². The molecule has 0 aliphatic rings. The molecule has 1 unspecified atom stereocenters. The van der Waals surface area contributed by atoms with Gasteiger partial charge in [-0.25, -0.2) is 0 Å². The van der Waals surface area contributed by atoms with Gasteiger partial charge in [0.15, 0.2) is 0 Å². The summed E-state index contributed by atoms with van der Waals surface area (Å²) < 4.78 is 0. The zero-order chi connectivity index (χ0) is 15.8. The maximum atomic E-state index is 12.5. The van der Waals surface area contributed by atoms with Gasteiger partial charge in [-0.2, -0.15) is 0 Å². The molecule has 22 heavy (non-hydrogen) atoms. The van der Waals surface area contributed by atoms with Gasteiger partial charge >= 0.3 is 0 Å². The van der Waals surface area contributed by atoms with E-state index in [4.69, 9.17) is 5.73 Å². The Kier molecular flexibility index (Phi) is 6.16. The third-order valence-electron chi connectivity index (χ3n) is 3.60. The van der Waals surface area contributed by atoms with Gasteiger partial charge in [-0.3, -0.25) is 4.79 Å². The summed E-state index contributed by atoms with van der Waals surface area (Å²) in [5, 5.41) is 0. The number of hydrogen-bond donors (Lipinski definition) is 1. The molecular weight excluding hydrogens is 272 g/mol. The Morgan fingerprint density at radius 3 is 1.82 bits per heavy atom. The second kappa shape index (κ2) is 8.35. The van der Waals surface area contributed by atoms with Gasteiger partial charge in [0.2, 0.25) is 5.91 Å². The van der Waals surface area contributed by atoms with Crippen molar-refractivity contribution in [1.82, 2.24) is 4.90 Å². The van der Waals surface area contributed by atoms with Crippen molar-refractivity contribution in [1.29, 1.82) is 0 Å². The number of amides is 1. The van der Waals surface area contributed by atoms with Crippen molar-refractivity contribution in [2.45, 2.75) is 38.9 Å². The van der Waals surface area contributed by atoms with E-state index in [2.05, 4.69) is 24.3 Å². The molecule has 2 rings (SSSR count). The summed E-state index contributed by atoms with van der Waals surface area (Å²) in [5.74, 6) is 0.157. The fourth-order valence-corrected chi connectivity index (χ4v) is 2.35. The molecule has 0 spiro atoms. The molecule has 2 aromatic rings. The molecular formula is C19H24N2O. The van der Waals surface area contributed by atoms with Crippen LogP contribution in [0.5, 0.6) is 0 Å². The Morgan fingerprint density at radius 2 is 1.41 bits per heavy atom. The van der Waals surface area contributed by atoms with E-state index >= 15 is 0 Å². The predicted molar refractivity (Wildman–Crippen MR) is 90.0 cm³/mol. The third kappa shape index (κ3) is 5.34. The highest BCUT2D eigenvalue weighted by molar-refractivity contribution is 5.76. The molecule has 1 amide bonds. The average molecular weight is 296 g/mol. The normalized spacial score (nSPS) is 11.9. The third-order valence-corrected chi connectivity index (χ3v) is 3.60. The zero-order valence-corrected chi connectivity index (χ0v) is 13.1. The lowest BCUT2D eigenvalue weighted by Crippen LogP contribution is -2.31. The SMILES string of the molecule is CC(N)CCC(=O)N(Cc1ccccc1)Cc1ccccc1. The first kappa shape index (κ1) is 16.2. The van der Waals surface area contributed by atoms with Crippen molar-refractivity contribution in [3.63, 3.8) is 0 Å². The Hall–Kier alpha value is -2.13. The minimum atomic E-state index is 0.0549. The van der Waals surface area contributed by atoms with Crippen LogP contribution in [0.3, 0.4) is 0 Å². The summed E-state index contributed by atoms with van der Waals surface area (Å²) in [7, 11) is 0. The van der Waals surface area contributed by atoms with Gasteiger partial charge in [-0.1, -0.05) is 60.7 Å². The molecule has 2 aromatic carbocycles. The van der Waals surface area contributed by atoms with Crippen molar-refractivity contribution in [3.05, 3.63) is 71.8 Å². The van der Waals surface area contributed by atoms with Gasteiger partial charge in [0.1, 0.15) is 0 Å². The Morgan fingerprint density at radius 1 is 0.955 bits per heavy atom. The number of nitrogens with zero attached hydrogens (tertiary/aromatic N) is 1. The topological polar surface area (TPSA) is 46.3 Å². The Labute approximate surface area is 132 Å². The van der Waals surface area contributed by atoms with E-state index in [-0.39, 0.29) is 11.9 Å². The fourth-order valence-electron chi connectivity index (χ4n) is 2.35. The van der Waals surface area contributed by atoms with Crippen LogP contribution in [0.4, 0.5) is 0 Å². The maximum absolute atomic E-state index is 12.5. The molecule has 2 N–H and O–H groups in total. The smallest absolute Gasteiger partial charge is 0.223 e. The largest absolute Gasteiger partial charge is 0.334 e. The maximum Gasteiger partial charge on any atom is 0.223 e. The van der Waals surface area contributed by atoms with Crippen molar-refractivity contribution in [3.8, 4) is 0 Å². The van der Waals surface area contributed by atoms with E-state index in [1.54, 1.807) is 0 Å². The average Bonchev–Trinajstić information content (AvgIpc) is 2.54. The number of nitrogens with two attached hydrogens (primary N) is 1. The summed E-state index contributed by atoms with van der Waals surface area (Å²) in [5.41, 5.74) is 8.07. The first-order chi connectivity index (χ1) is 10.6. The lowest BCUT2D eigenvalue weighted by atomic mass is 10.1. The first-order valence-electron chi connectivity index (χ1n) is 7.76. The second-order valence-corrected chi connectivity index (χ2v) is 5.74. The summed E-state index contributed by atoms with van der Waals surface area (Å²) in [6, 6.07) is 20.3. The number of carbonyl (C=O) groups is 1. The van der Waals surface area contributed by atoms with Gasteiger partial charge in [0.05, 0.1) is 0 Å². The van der Waals surface area contributed by atoms with Gasteiger partial charge in [-0.15, -0.1) is 0 Å². The molecule has 0 saturated heterocycles. The molecule has 0 aliphatic carbocycles. The molecule has 0 radical (unpaired) electrons. The lowest BCUT2D eigenvalue weighted by molar-refractivity contribution is -0.132. The molecule has 0 fully saturated rings. The van der Waals surface area contributed by atoms with E-state index in [9.17, 15) is 4.79 Å². The molecule has 0 aliphatic heterocycles. The highest BCUT2D eigenvalue weighted by Crippen LogP contribution is 2.12. The van der Waals surface area contributed by atoms with E-state index < -0.39 is 0 Å². The van der Waals surface area contributed by atoms with Crippen LogP contribution in [-0.2, 0) is 17.9 Å². The molecule has 0 aromatic heterocycles. The minimum absolute atomic E-state index is 0.0549. The van der Waals surface area contributed by atoms with Gasteiger partial charge < -0.3 is 10.6 Å². The molecule has 116 valence electrons. The van der Waals surface area contributed by atoms with Crippen molar-refractivity contribution in [2.75, 3.05) is 0 Å². The zero-order valence-electron chi connectivity index (χ0n) is 13.1. The summed E-state index contributed by atoms with van der Waals surface area (Å²) >= 11 is 0. The number of hydrogen-bond acceptors (Lipinski definition) is 2. The van der Waals surface area contributed by atoms with Crippen LogP contribution in [-0.4, -0.2) is 16.8 Å². The van der Waals surface area contributed by atoms with E-state index in [1.165, 1.54) is 0 Å². The van der Waals surface area contributed by atoms with Crippen LogP contribution in [0, 0.1) is 0 Å². The van der Waals surface area contributed by atoms with Crippen LogP contribution >= 0.6 is 0 Å². The highest BCUT2D eigenvalue weighted by atomic mass is 16.2. The van der Waals surface area contributed by atoms with Crippen LogP contribution in [0.2, 0.25) is 0 Å². The predicted octanol–water partition coefficient (Wildman–Crippen LogP) is 3.34. The Balaban J connectivity index is 2.07. The molecule has 3 heteroatoms. The van der Waals surface area contributed by atoms with E-state index in [1.807, 2.05) is 48.2 Å². The van der Waals surface area contributed by atoms with Gasteiger partial charge in [0.25, 0.3) is 0 Å². The van der Waals surface area contributed by atoms with Crippen LogP contribution in [0.25, 0.3) is 0 Å². The monoisotopic (exact) mass is 296 g/mol. The number of carbonyl (C=O) groups excluding carboxylic acids is 1. The molecule has 0 bridgehead atoms. The Bertz CT molecular complexity index is 525. The van der Waals surface area contributed by atoms with Crippen molar-refractivity contribution >= 4 is 5.91 Å². The lowest BCUT2D eigenvalue weighted by Gasteiger charge is -2.23. The van der Waals surface area contributed by atoms with Crippen LogP contribution < -0.4 is 5.73 Å². The highest BCUT2D eigenvalue weighted by Gasteiger charge is 2.15. The molecule has 3 nitrogen and oxygen atoms in total. The standard InChI is InChI=1S/C19H24N2O/c1-16(20)12-13-19(22)21(14-17-8-4-2-5-9-17)15-18-10-6-3-7-11-18/h2-11,16H,12-15,20H2,1H3. The van der Waals surface area contributed by atoms with Crippen LogP contribution in [0.1, 0.15) is 30.9 Å².